The molecule has 4 nitrogen and oxygen atoms in total. The van der Waals surface area contributed by atoms with Crippen LogP contribution >= 0.6 is 0 Å². The van der Waals surface area contributed by atoms with E-state index in [4.69, 9.17) is 4.74 Å². The Hall–Kier alpha value is -1.06. The van der Waals surface area contributed by atoms with Gasteiger partial charge in [0.25, 0.3) is 0 Å². The van der Waals surface area contributed by atoms with E-state index in [0.29, 0.717) is 0 Å². The summed E-state index contributed by atoms with van der Waals surface area (Å²) < 4.78 is 4.93. The van der Waals surface area contributed by atoms with Gasteiger partial charge < -0.3 is 9.64 Å². The van der Waals surface area contributed by atoms with Crippen LogP contribution in [0.5, 0.6) is 0 Å². The molecule has 2 saturated heterocycles. The number of likely N-dealkylation sites (tertiary alicyclic amines) is 1. The van der Waals surface area contributed by atoms with Crippen molar-refractivity contribution in [3.05, 3.63) is 0 Å². The Balaban J connectivity index is 2.07. The third kappa shape index (κ3) is 1.29. The molecule has 2 fully saturated rings. The quantitative estimate of drug-likeness (QED) is 0.456. The predicted molar refractivity (Wildman–Crippen MR) is 49.5 cm³/mol. The van der Waals surface area contributed by atoms with Crippen molar-refractivity contribution in [2.45, 2.75) is 32.3 Å². The summed E-state index contributed by atoms with van der Waals surface area (Å²) in [6.07, 6.45) is 2.10. The summed E-state index contributed by atoms with van der Waals surface area (Å²) >= 11 is 0. The van der Waals surface area contributed by atoms with Gasteiger partial charge in [-0.05, 0) is 26.7 Å². The Bertz CT molecular complexity index is 279. The molecule has 0 unspecified atom stereocenters. The van der Waals surface area contributed by atoms with Gasteiger partial charge in [-0.1, -0.05) is 0 Å². The number of hydrogen-bond donors (Lipinski definition) is 0. The molecule has 4 heteroatoms. The van der Waals surface area contributed by atoms with Crippen LogP contribution in [0.3, 0.4) is 0 Å². The van der Waals surface area contributed by atoms with Gasteiger partial charge in [-0.3, -0.25) is 9.59 Å². The molecular formula is C10H15NO3. The van der Waals surface area contributed by atoms with Crippen molar-refractivity contribution < 1.29 is 14.3 Å². The second-order valence-electron chi connectivity index (χ2n) is 4.49. The highest BCUT2D eigenvalue weighted by atomic mass is 16.6. The van der Waals surface area contributed by atoms with E-state index >= 15 is 0 Å². The first-order valence-electron chi connectivity index (χ1n) is 5.04. The van der Waals surface area contributed by atoms with Crippen LogP contribution in [0.2, 0.25) is 0 Å². The fraction of sp³-hybridized carbons (Fsp3) is 0.800. The number of amides is 1. The van der Waals surface area contributed by atoms with Crippen LogP contribution in [0.1, 0.15) is 26.7 Å². The molecule has 14 heavy (non-hydrogen) atoms. The van der Waals surface area contributed by atoms with Crippen molar-refractivity contribution in [2.75, 3.05) is 13.1 Å². The average molecular weight is 197 g/mol. The molecule has 0 bridgehead atoms. The minimum atomic E-state index is -0.600. The van der Waals surface area contributed by atoms with E-state index < -0.39 is 11.5 Å². The molecule has 1 atom stereocenters. The van der Waals surface area contributed by atoms with E-state index in [2.05, 4.69) is 0 Å². The number of esters is 1. The van der Waals surface area contributed by atoms with Gasteiger partial charge in [0.1, 0.15) is 5.60 Å². The first kappa shape index (κ1) is 9.49. The number of ether oxygens (including phenoxy) is 1. The lowest BCUT2D eigenvalue weighted by atomic mass is 9.84. The van der Waals surface area contributed by atoms with Crippen LogP contribution in [-0.4, -0.2) is 35.5 Å². The third-order valence-corrected chi connectivity index (χ3v) is 2.96. The number of hydrogen-bond acceptors (Lipinski definition) is 3. The van der Waals surface area contributed by atoms with Crippen LogP contribution < -0.4 is 0 Å². The van der Waals surface area contributed by atoms with Gasteiger partial charge in [-0.15, -0.1) is 0 Å². The minimum absolute atomic E-state index is 0.0521. The number of rotatable bonds is 1. The van der Waals surface area contributed by atoms with Crippen LogP contribution in [-0.2, 0) is 14.3 Å². The SMILES string of the molecule is CC1(C)OC(=O)[C@@H]1C(=O)N1CCCC1. The maximum absolute atomic E-state index is 11.9. The molecule has 2 aliphatic heterocycles. The molecule has 0 radical (unpaired) electrons. The average Bonchev–Trinajstić information content (AvgIpc) is 2.53. The number of carbonyl (C=O) groups excluding carboxylic acids is 2. The molecule has 1 amide bonds. The summed E-state index contributed by atoms with van der Waals surface area (Å²) in [5.74, 6) is -0.990. The third-order valence-electron chi connectivity index (χ3n) is 2.96. The zero-order valence-corrected chi connectivity index (χ0v) is 8.58. The highest BCUT2D eigenvalue weighted by Gasteiger charge is 2.55. The topological polar surface area (TPSA) is 46.6 Å². The first-order valence-corrected chi connectivity index (χ1v) is 5.04. The highest BCUT2D eigenvalue weighted by Crippen LogP contribution is 2.35. The molecule has 78 valence electrons. The van der Waals surface area contributed by atoms with Crippen molar-refractivity contribution in [1.82, 2.24) is 4.90 Å². The molecule has 0 aromatic heterocycles. The van der Waals surface area contributed by atoms with Crippen LogP contribution in [0.15, 0.2) is 0 Å². The highest BCUT2D eigenvalue weighted by molar-refractivity contribution is 6.02. The standard InChI is InChI=1S/C10H15NO3/c1-10(2)7(9(13)14-10)8(12)11-5-3-4-6-11/h7H,3-6H2,1-2H3/t7-/m0/s1. The summed E-state index contributed by atoms with van der Waals surface area (Å²) in [6.45, 7) is 5.15. The molecule has 0 spiro atoms. The van der Waals surface area contributed by atoms with Crippen molar-refractivity contribution in [1.29, 1.82) is 0 Å². The summed E-state index contributed by atoms with van der Waals surface area (Å²) in [5.41, 5.74) is -0.600. The van der Waals surface area contributed by atoms with Gasteiger partial charge in [0, 0.05) is 13.1 Å². The lowest BCUT2D eigenvalue weighted by Crippen LogP contribution is -2.60. The molecule has 0 N–H and O–H groups in total. The van der Waals surface area contributed by atoms with E-state index in [-0.39, 0.29) is 11.9 Å². The second-order valence-corrected chi connectivity index (χ2v) is 4.49. The summed E-state index contributed by atoms with van der Waals surface area (Å²) in [7, 11) is 0. The molecule has 2 aliphatic rings. The Morgan fingerprint density at radius 2 is 2.00 bits per heavy atom. The lowest BCUT2D eigenvalue weighted by molar-refractivity contribution is -0.207. The Morgan fingerprint density at radius 1 is 1.43 bits per heavy atom. The molecule has 0 aromatic carbocycles. The van der Waals surface area contributed by atoms with Gasteiger partial charge in [-0.2, -0.15) is 0 Å². The maximum Gasteiger partial charge on any atom is 0.323 e. The monoisotopic (exact) mass is 197 g/mol. The van der Waals surface area contributed by atoms with Crippen LogP contribution in [0, 0.1) is 5.92 Å². The minimum Gasteiger partial charge on any atom is -0.457 e. The van der Waals surface area contributed by atoms with Crippen molar-refractivity contribution in [2.24, 2.45) is 5.92 Å². The van der Waals surface area contributed by atoms with Crippen LogP contribution in [0.25, 0.3) is 0 Å². The summed E-state index contributed by atoms with van der Waals surface area (Å²) in [4.78, 5) is 24.8. The number of nitrogens with zero attached hydrogens (tertiary/aromatic N) is 1. The number of cyclic esters (lactones) is 1. The molecule has 0 saturated carbocycles. The normalized spacial score (nSPS) is 29.7. The molecular weight excluding hydrogens is 182 g/mol. The largest absolute Gasteiger partial charge is 0.457 e. The lowest BCUT2D eigenvalue weighted by Gasteiger charge is -2.42. The summed E-state index contributed by atoms with van der Waals surface area (Å²) in [6, 6.07) is 0. The van der Waals surface area contributed by atoms with Crippen molar-refractivity contribution in [3.8, 4) is 0 Å². The smallest absolute Gasteiger partial charge is 0.323 e. The Labute approximate surface area is 83.2 Å². The molecule has 2 rings (SSSR count). The van der Waals surface area contributed by atoms with Gasteiger partial charge in [0.15, 0.2) is 5.92 Å². The fourth-order valence-corrected chi connectivity index (χ4v) is 2.12. The Kier molecular flexibility index (Phi) is 2.01. The van der Waals surface area contributed by atoms with E-state index in [1.807, 2.05) is 0 Å². The van der Waals surface area contributed by atoms with Gasteiger partial charge in [0.05, 0.1) is 0 Å². The molecule has 0 aliphatic carbocycles. The fourth-order valence-electron chi connectivity index (χ4n) is 2.12. The van der Waals surface area contributed by atoms with Gasteiger partial charge >= 0.3 is 5.97 Å². The van der Waals surface area contributed by atoms with Gasteiger partial charge in [-0.25, -0.2) is 0 Å². The van der Waals surface area contributed by atoms with Crippen molar-refractivity contribution in [3.63, 3.8) is 0 Å². The first-order chi connectivity index (χ1) is 6.52. The Morgan fingerprint density at radius 3 is 2.43 bits per heavy atom. The van der Waals surface area contributed by atoms with Crippen LogP contribution in [0.4, 0.5) is 0 Å². The van der Waals surface area contributed by atoms with E-state index in [1.165, 1.54) is 0 Å². The van der Waals surface area contributed by atoms with E-state index in [9.17, 15) is 9.59 Å². The second kappa shape index (κ2) is 2.97. The predicted octanol–water partition coefficient (Wildman–Crippen LogP) is 0.560. The maximum atomic E-state index is 11.9. The zero-order chi connectivity index (χ0) is 10.3. The van der Waals surface area contributed by atoms with E-state index in [0.717, 1.165) is 25.9 Å². The van der Waals surface area contributed by atoms with Gasteiger partial charge in [0.2, 0.25) is 5.91 Å². The van der Waals surface area contributed by atoms with E-state index in [1.54, 1.807) is 18.7 Å². The zero-order valence-electron chi connectivity index (χ0n) is 8.58. The molecule has 0 aromatic rings. The number of carbonyl (C=O) groups is 2. The summed E-state index contributed by atoms with van der Waals surface area (Å²) in [5, 5.41) is 0. The van der Waals surface area contributed by atoms with Crippen molar-refractivity contribution >= 4 is 11.9 Å². The molecule has 2 heterocycles.